The maximum absolute atomic E-state index is 13.7. The molecule has 0 fully saturated rings. The number of quaternary nitrogens is 1. The second kappa shape index (κ2) is 68.1. The second-order valence-corrected chi connectivity index (χ2v) is 29.3. The van der Waals surface area contributed by atoms with Crippen molar-refractivity contribution in [1.29, 1.82) is 0 Å². The molecule has 0 rings (SSSR count). The predicted molar refractivity (Wildman–Crippen MR) is 383 cm³/mol. The molecule has 520 valence electrons. The van der Waals surface area contributed by atoms with E-state index in [9.17, 15) is 19.0 Å². The highest BCUT2D eigenvalue weighted by Gasteiger charge is 2.30. The first-order valence-electron chi connectivity index (χ1n) is 38.8. The van der Waals surface area contributed by atoms with Gasteiger partial charge in [-0.1, -0.05) is 359 Å². The first-order valence-corrected chi connectivity index (χ1v) is 40.3. The van der Waals surface area contributed by atoms with Gasteiger partial charge in [0.15, 0.2) is 0 Å². The van der Waals surface area contributed by atoms with E-state index in [1.165, 1.54) is 302 Å². The van der Waals surface area contributed by atoms with Gasteiger partial charge in [-0.2, -0.15) is 0 Å². The Morgan fingerprint density at radius 2 is 0.693 bits per heavy atom. The Labute approximate surface area is 548 Å². The highest BCUT2D eigenvalue weighted by molar-refractivity contribution is 7.47. The molecular weight excluding hydrogens is 1110 g/mol. The van der Waals surface area contributed by atoms with Crippen molar-refractivity contribution in [2.24, 2.45) is 0 Å². The van der Waals surface area contributed by atoms with Gasteiger partial charge in [0, 0.05) is 12.8 Å². The number of ether oxygens (including phenoxy) is 1. The summed E-state index contributed by atoms with van der Waals surface area (Å²) in [7, 11) is 1.52. The number of carbonyl (C=O) groups is 2. The molecule has 2 N–H and O–H groups in total. The molecule has 0 saturated heterocycles. The van der Waals surface area contributed by atoms with Crippen LogP contribution in [0.2, 0.25) is 0 Å². The van der Waals surface area contributed by atoms with Gasteiger partial charge in [-0.15, -0.1) is 0 Å². The number of allylic oxidation sites excluding steroid dienone is 5. The lowest BCUT2D eigenvalue weighted by atomic mass is 10.0. The third-order valence-electron chi connectivity index (χ3n) is 17.8. The molecule has 0 heterocycles. The number of rotatable bonds is 72. The fraction of sp³-hybridized carbons (Fsp3) is 0.897. The SMILES string of the molecule is CCCCC/C=C\C/C=C\CCCCCCCCCCCCCCCCCC(=O)OC(/C=C/CCCCCCCCCCCC)C(COP(=O)(O)OCC[N+](C)(C)C)NC(=O)CCCCCCCCCCCCCCCCCCCCCCCCCCC. The summed E-state index contributed by atoms with van der Waals surface area (Å²) < 4.78 is 30.9. The van der Waals surface area contributed by atoms with E-state index in [2.05, 4.69) is 56.5 Å². The maximum Gasteiger partial charge on any atom is 0.472 e. The summed E-state index contributed by atoms with van der Waals surface area (Å²) in [6, 6.07) is -0.845. The number of phosphoric acid groups is 1. The van der Waals surface area contributed by atoms with Gasteiger partial charge in [0.1, 0.15) is 19.3 Å². The second-order valence-electron chi connectivity index (χ2n) is 27.9. The molecule has 9 nitrogen and oxygen atoms in total. The maximum atomic E-state index is 13.7. The number of phosphoric ester groups is 1. The van der Waals surface area contributed by atoms with Crippen molar-refractivity contribution in [2.75, 3.05) is 40.9 Å². The first kappa shape index (κ1) is 86.2. The lowest BCUT2D eigenvalue weighted by molar-refractivity contribution is -0.870. The zero-order valence-electron chi connectivity index (χ0n) is 59.8. The largest absolute Gasteiger partial charge is 0.472 e. The molecule has 3 atom stereocenters. The Morgan fingerprint density at radius 1 is 0.398 bits per heavy atom. The average Bonchev–Trinajstić information content (AvgIpc) is 3.52. The van der Waals surface area contributed by atoms with E-state index in [0.29, 0.717) is 23.9 Å². The summed E-state index contributed by atoms with van der Waals surface area (Å²) in [4.78, 5) is 38.0. The van der Waals surface area contributed by atoms with Crippen LogP contribution in [0.5, 0.6) is 0 Å². The van der Waals surface area contributed by atoms with Gasteiger partial charge in [-0.05, 0) is 63.9 Å². The van der Waals surface area contributed by atoms with E-state index in [1.807, 2.05) is 27.2 Å². The molecule has 10 heteroatoms. The lowest BCUT2D eigenvalue weighted by Crippen LogP contribution is -2.47. The Balaban J connectivity index is 4.92. The van der Waals surface area contributed by atoms with Crippen LogP contribution in [0.15, 0.2) is 36.5 Å². The van der Waals surface area contributed by atoms with Crippen molar-refractivity contribution >= 4 is 19.7 Å². The zero-order chi connectivity index (χ0) is 64.2. The topological polar surface area (TPSA) is 111 Å². The highest BCUT2D eigenvalue weighted by Crippen LogP contribution is 2.43. The van der Waals surface area contributed by atoms with E-state index in [0.717, 1.165) is 64.2 Å². The molecule has 0 saturated carbocycles. The number of esters is 1. The van der Waals surface area contributed by atoms with Gasteiger partial charge in [0.05, 0.1) is 33.8 Å². The number of amides is 1. The van der Waals surface area contributed by atoms with Crippen molar-refractivity contribution in [3.8, 4) is 0 Å². The van der Waals surface area contributed by atoms with Crippen LogP contribution in [0.4, 0.5) is 0 Å². The number of nitrogens with one attached hydrogen (secondary N) is 1. The normalized spacial score (nSPS) is 13.6. The molecule has 1 amide bonds. The minimum Gasteiger partial charge on any atom is -0.456 e. The number of carbonyl (C=O) groups excluding carboxylic acids is 2. The number of likely N-dealkylation sites (N-methyl/N-ethyl adjacent to an activating group) is 1. The van der Waals surface area contributed by atoms with E-state index in [1.54, 1.807) is 0 Å². The Bertz CT molecular complexity index is 1600. The fourth-order valence-corrected chi connectivity index (χ4v) is 12.6. The summed E-state index contributed by atoms with van der Waals surface area (Å²) >= 11 is 0. The van der Waals surface area contributed by atoms with Crippen molar-refractivity contribution in [2.45, 2.75) is 412 Å². The summed E-state index contributed by atoms with van der Waals surface area (Å²) in [5.74, 6) is -0.480. The number of unbranched alkanes of at least 4 members (excludes halogenated alkanes) is 52. The van der Waals surface area contributed by atoms with Crippen LogP contribution >= 0.6 is 7.82 Å². The van der Waals surface area contributed by atoms with Crippen LogP contribution in [0.1, 0.15) is 400 Å². The van der Waals surface area contributed by atoms with E-state index >= 15 is 0 Å². The van der Waals surface area contributed by atoms with Crippen LogP contribution in [-0.2, 0) is 27.9 Å². The van der Waals surface area contributed by atoms with Gasteiger partial charge in [0.2, 0.25) is 5.91 Å². The molecule has 0 radical (unpaired) electrons. The van der Waals surface area contributed by atoms with Crippen LogP contribution in [-0.4, -0.2) is 74.3 Å². The summed E-state index contributed by atoms with van der Waals surface area (Å²) in [5.41, 5.74) is 0. The van der Waals surface area contributed by atoms with Crippen LogP contribution in [0.25, 0.3) is 0 Å². The lowest BCUT2D eigenvalue weighted by Gasteiger charge is -2.27. The molecule has 3 unspecified atom stereocenters. The highest BCUT2D eigenvalue weighted by atomic mass is 31.2. The summed E-state index contributed by atoms with van der Waals surface area (Å²) in [5, 5.41) is 3.09. The molecule has 0 aromatic rings. The van der Waals surface area contributed by atoms with Gasteiger partial charge < -0.3 is 19.4 Å². The molecule has 88 heavy (non-hydrogen) atoms. The standard InChI is InChI=1S/C78H151N2O7P/c1-7-10-13-16-19-22-25-28-30-32-34-36-38-40-42-44-46-48-50-52-55-58-61-64-67-70-77(81)79-75(74-86-88(83,84)85-73-72-80(4,5)6)76(69-66-63-60-57-54-27-24-21-18-15-12-9-3)87-78(82)71-68-65-62-59-56-53-51-49-47-45-43-41-39-37-35-33-31-29-26-23-20-17-14-11-8-2/h20,23,29,31,66,69,75-76H,7-19,21-22,24-28,30,32-65,67-68,70-74H2,1-6H3,(H-,79,81,83,84)/p+1/b23-20-,31-29-,69-66+. The molecule has 0 aliphatic carbocycles. The van der Waals surface area contributed by atoms with Gasteiger partial charge in [0.25, 0.3) is 0 Å². The van der Waals surface area contributed by atoms with Crippen LogP contribution in [0, 0.1) is 0 Å². The number of nitrogens with zero attached hydrogens (tertiary/aromatic N) is 1. The minimum atomic E-state index is -4.45. The van der Waals surface area contributed by atoms with Crippen molar-refractivity contribution in [3.05, 3.63) is 36.5 Å². The smallest absolute Gasteiger partial charge is 0.456 e. The minimum absolute atomic E-state index is 0.0439. The Hall–Kier alpha value is -1.77. The molecular formula is C78H152N2O7P+. The van der Waals surface area contributed by atoms with Gasteiger partial charge in [-0.3, -0.25) is 18.6 Å². The molecule has 0 spiro atoms. The summed E-state index contributed by atoms with van der Waals surface area (Å²) in [6.45, 7) is 7.07. The molecule has 0 bridgehead atoms. The van der Waals surface area contributed by atoms with Crippen molar-refractivity contribution in [3.63, 3.8) is 0 Å². The Kier molecular flexibility index (Phi) is 66.7. The number of hydrogen-bond acceptors (Lipinski definition) is 6. The summed E-state index contributed by atoms with van der Waals surface area (Å²) in [6.07, 6.45) is 86.0. The zero-order valence-corrected chi connectivity index (χ0v) is 60.6. The fourth-order valence-electron chi connectivity index (χ4n) is 11.9. The molecule has 0 aliphatic rings. The van der Waals surface area contributed by atoms with Crippen molar-refractivity contribution in [1.82, 2.24) is 5.32 Å². The third kappa shape index (κ3) is 68.6. The van der Waals surface area contributed by atoms with Crippen molar-refractivity contribution < 1.29 is 37.3 Å². The predicted octanol–water partition coefficient (Wildman–Crippen LogP) is 25.0. The van der Waals surface area contributed by atoms with E-state index in [4.69, 9.17) is 13.8 Å². The molecule has 0 aliphatic heterocycles. The average molecular weight is 1260 g/mol. The van der Waals surface area contributed by atoms with Crippen LogP contribution < -0.4 is 5.32 Å². The Morgan fingerprint density at radius 3 is 1.05 bits per heavy atom. The first-order chi connectivity index (χ1) is 42.9. The monoisotopic (exact) mass is 1260 g/mol. The van der Waals surface area contributed by atoms with E-state index < -0.39 is 20.0 Å². The quantitative estimate of drug-likeness (QED) is 0.0205. The molecule has 0 aromatic heterocycles. The number of hydrogen-bond donors (Lipinski definition) is 2. The van der Waals surface area contributed by atoms with Gasteiger partial charge in [-0.25, -0.2) is 4.57 Å². The van der Waals surface area contributed by atoms with E-state index in [-0.39, 0.29) is 25.1 Å². The van der Waals surface area contributed by atoms with Crippen LogP contribution in [0.3, 0.4) is 0 Å². The third-order valence-corrected chi connectivity index (χ3v) is 18.8. The molecule has 0 aromatic carbocycles. The van der Waals surface area contributed by atoms with Gasteiger partial charge >= 0.3 is 13.8 Å².